The van der Waals surface area contributed by atoms with E-state index in [0.29, 0.717) is 6.04 Å². The monoisotopic (exact) mass is 247 g/mol. The van der Waals surface area contributed by atoms with E-state index in [1.54, 1.807) is 0 Å². The first kappa shape index (κ1) is 11.9. The third kappa shape index (κ3) is 2.82. The van der Waals surface area contributed by atoms with Crippen LogP contribution < -0.4 is 10.2 Å². The van der Waals surface area contributed by atoms with Gasteiger partial charge in [-0.1, -0.05) is 0 Å². The van der Waals surface area contributed by atoms with Gasteiger partial charge in [0.2, 0.25) is 0 Å². The van der Waals surface area contributed by atoms with Gasteiger partial charge in [0.25, 0.3) is 0 Å². The number of pyridine rings is 1. The maximum Gasteiger partial charge on any atom is 0.129 e. The second-order valence-electron chi connectivity index (χ2n) is 5.30. The van der Waals surface area contributed by atoms with Gasteiger partial charge >= 0.3 is 0 Å². The lowest BCUT2D eigenvalue weighted by Gasteiger charge is -2.36. The average molecular weight is 247 g/mol. The van der Waals surface area contributed by atoms with Crippen molar-refractivity contribution >= 4 is 5.82 Å². The Kier molecular flexibility index (Phi) is 3.48. The Hall–Kier alpha value is -1.13. The molecule has 4 heteroatoms. The third-order valence-corrected chi connectivity index (χ3v) is 3.64. The number of hydrogen-bond donors (Lipinski definition) is 1. The highest BCUT2D eigenvalue weighted by atomic mass is 16.5. The number of ether oxygens (including phenoxy) is 1. The number of nitrogens with one attached hydrogen (secondary N) is 1. The first-order valence-corrected chi connectivity index (χ1v) is 6.83. The van der Waals surface area contributed by atoms with Gasteiger partial charge in [-0.15, -0.1) is 0 Å². The molecule has 1 N–H and O–H groups in total. The molecule has 0 spiro atoms. The molecule has 2 fully saturated rings. The second kappa shape index (κ2) is 5.24. The molecule has 0 bridgehead atoms. The van der Waals surface area contributed by atoms with Crippen molar-refractivity contribution in [3.8, 4) is 0 Å². The minimum absolute atomic E-state index is 0.411. The van der Waals surface area contributed by atoms with Crippen molar-refractivity contribution in [2.24, 2.45) is 0 Å². The van der Waals surface area contributed by atoms with Crippen LogP contribution in [-0.4, -0.2) is 43.4 Å². The molecule has 1 atom stereocenters. The molecule has 2 heterocycles. The van der Waals surface area contributed by atoms with Gasteiger partial charge in [0.1, 0.15) is 5.82 Å². The molecule has 98 valence electrons. The van der Waals surface area contributed by atoms with Gasteiger partial charge in [-0.25, -0.2) is 4.98 Å². The Bertz CT molecular complexity index is 406. The van der Waals surface area contributed by atoms with Crippen LogP contribution >= 0.6 is 0 Å². The average Bonchev–Trinajstić information content (AvgIpc) is 3.21. The fraction of sp³-hybridized carbons (Fsp3) is 0.643. The van der Waals surface area contributed by atoms with Crippen molar-refractivity contribution in [1.29, 1.82) is 0 Å². The summed E-state index contributed by atoms with van der Waals surface area (Å²) in [5, 5.41) is 3.59. The Labute approximate surface area is 108 Å². The number of morpholine rings is 1. The standard InChI is InChI=1S/C14H21N3O/c1-11-4-5-15-14(8-11)17-6-7-18-10-13(17)9-16-12-2-3-12/h4-5,8,12-13,16H,2-3,6-7,9-10H2,1H3. The van der Waals surface area contributed by atoms with Crippen molar-refractivity contribution in [3.63, 3.8) is 0 Å². The Morgan fingerprint density at radius 3 is 3.17 bits per heavy atom. The molecule has 2 aliphatic rings. The van der Waals surface area contributed by atoms with E-state index in [0.717, 1.165) is 38.2 Å². The fourth-order valence-electron chi connectivity index (χ4n) is 2.39. The lowest BCUT2D eigenvalue weighted by atomic mass is 10.2. The molecule has 1 aliphatic heterocycles. The number of aromatic nitrogens is 1. The van der Waals surface area contributed by atoms with E-state index in [-0.39, 0.29) is 0 Å². The van der Waals surface area contributed by atoms with Crippen molar-refractivity contribution in [1.82, 2.24) is 10.3 Å². The van der Waals surface area contributed by atoms with Crippen molar-refractivity contribution < 1.29 is 4.74 Å². The summed E-state index contributed by atoms with van der Waals surface area (Å²) in [7, 11) is 0. The maximum atomic E-state index is 5.61. The number of aryl methyl sites for hydroxylation is 1. The van der Waals surface area contributed by atoms with Gasteiger partial charge in [0, 0.05) is 25.3 Å². The number of hydrogen-bond acceptors (Lipinski definition) is 4. The molecule has 1 saturated carbocycles. The van der Waals surface area contributed by atoms with Crippen molar-refractivity contribution in [3.05, 3.63) is 23.9 Å². The van der Waals surface area contributed by atoms with E-state index in [9.17, 15) is 0 Å². The largest absolute Gasteiger partial charge is 0.377 e. The highest BCUT2D eigenvalue weighted by molar-refractivity contribution is 5.42. The first-order chi connectivity index (χ1) is 8.83. The predicted octanol–water partition coefficient (Wildman–Crippen LogP) is 1.35. The minimum Gasteiger partial charge on any atom is -0.377 e. The summed E-state index contributed by atoms with van der Waals surface area (Å²) in [6.07, 6.45) is 4.55. The second-order valence-corrected chi connectivity index (χ2v) is 5.30. The van der Waals surface area contributed by atoms with E-state index in [1.807, 2.05) is 12.3 Å². The molecule has 0 aromatic carbocycles. The summed E-state index contributed by atoms with van der Waals surface area (Å²) in [6.45, 7) is 5.65. The summed E-state index contributed by atoms with van der Waals surface area (Å²) < 4.78 is 5.61. The van der Waals surface area contributed by atoms with Gasteiger partial charge in [0.15, 0.2) is 0 Å². The van der Waals surface area contributed by atoms with Gasteiger partial charge < -0.3 is 15.0 Å². The Morgan fingerprint density at radius 1 is 1.50 bits per heavy atom. The van der Waals surface area contributed by atoms with Gasteiger partial charge in [-0.2, -0.15) is 0 Å². The summed E-state index contributed by atoms with van der Waals surface area (Å²) in [6, 6.07) is 5.37. The molecule has 1 unspecified atom stereocenters. The summed E-state index contributed by atoms with van der Waals surface area (Å²) in [5.74, 6) is 1.08. The molecular weight excluding hydrogens is 226 g/mol. The van der Waals surface area contributed by atoms with Crippen LogP contribution in [-0.2, 0) is 4.74 Å². The molecule has 1 aromatic heterocycles. The smallest absolute Gasteiger partial charge is 0.129 e. The van der Waals surface area contributed by atoms with Crippen LogP contribution in [0, 0.1) is 6.92 Å². The van der Waals surface area contributed by atoms with E-state index in [4.69, 9.17) is 4.74 Å². The van der Waals surface area contributed by atoms with E-state index in [2.05, 4.69) is 28.2 Å². The third-order valence-electron chi connectivity index (χ3n) is 3.64. The summed E-state index contributed by atoms with van der Waals surface area (Å²) in [4.78, 5) is 6.88. The lowest BCUT2D eigenvalue weighted by molar-refractivity contribution is 0.0932. The maximum absolute atomic E-state index is 5.61. The molecule has 18 heavy (non-hydrogen) atoms. The first-order valence-electron chi connectivity index (χ1n) is 6.83. The van der Waals surface area contributed by atoms with Crippen LogP contribution in [0.2, 0.25) is 0 Å². The van der Waals surface area contributed by atoms with Crippen molar-refractivity contribution in [2.45, 2.75) is 31.8 Å². The van der Waals surface area contributed by atoms with Crippen LogP contribution in [0.4, 0.5) is 5.82 Å². The number of rotatable bonds is 4. The number of anilines is 1. The molecule has 4 nitrogen and oxygen atoms in total. The van der Waals surface area contributed by atoms with Gasteiger partial charge in [0.05, 0.1) is 19.3 Å². The molecule has 1 saturated heterocycles. The topological polar surface area (TPSA) is 37.4 Å². The molecule has 1 aromatic rings. The number of nitrogens with zero attached hydrogens (tertiary/aromatic N) is 2. The van der Waals surface area contributed by atoms with E-state index in [1.165, 1.54) is 18.4 Å². The Morgan fingerprint density at radius 2 is 2.39 bits per heavy atom. The van der Waals surface area contributed by atoms with Crippen LogP contribution in [0.15, 0.2) is 18.3 Å². The van der Waals surface area contributed by atoms with Crippen LogP contribution in [0.5, 0.6) is 0 Å². The van der Waals surface area contributed by atoms with Crippen molar-refractivity contribution in [2.75, 3.05) is 31.2 Å². The summed E-state index contributed by atoms with van der Waals surface area (Å²) >= 11 is 0. The Balaban J connectivity index is 1.69. The highest BCUT2D eigenvalue weighted by Gasteiger charge is 2.27. The molecule has 0 radical (unpaired) electrons. The molecule has 0 amide bonds. The van der Waals surface area contributed by atoms with Gasteiger partial charge in [-0.05, 0) is 37.5 Å². The molecule has 1 aliphatic carbocycles. The highest BCUT2D eigenvalue weighted by Crippen LogP contribution is 2.21. The van der Waals surface area contributed by atoms with Crippen LogP contribution in [0.1, 0.15) is 18.4 Å². The van der Waals surface area contributed by atoms with E-state index < -0.39 is 0 Å². The zero-order chi connectivity index (χ0) is 12.4. The fourth-order valence-corrected chi connectivity index (χ4v) is 2.39. The minimum atomic E-state index is 0.411. The van der Waals surface area contributed by atoms with Gasteiger partial charge in [-0.3, -0.25) is 0 Å². The predicted molar refractivity (Wildman–Crippen MR) is 72.0 cm³/mol. The summed E-state index contributed by atoms with van der Waals surface area (Å²) in [5.41, 5.74) is 1.26. The molecular formula is C14H21N3O. The lowest BCUT2D eigenvalue weighted by Crippen LogP contribution is -2.51. The van der Waals surface area contributed by atoms with E-state index >= 15 is 0 Å². The SMILES string of the molecule is Cc1ccnc(N2CCOCC2CNC2CC2)c1. The quantitative estimate of drug-likeness (QED) is 0.871. The molecule has 3 rings (SSSR count). The zero-order valence-corrected chi connectivity index (χ0v) is 10.9. The normalized spacial score (nSPS) is 24.3. The van der Waals surface area contributed by atoms with Crippen LogP contribution in [0.25, 0.3) is 0 Å². The zero-order valence-electron chi connectivity index (χ0n) is 10.9. The van der Waals surface area contributed by atoms with Crippen LogP contribution in [0.3, 0.4) is 0 Å².